The van der Waals surface area contributed by atoms with Crippen LogP contribution in [-0.2, 0) is 0 Å². The Morgan fingerprint density at radius 3 is 0.500 bits per heavy atom. The normalized spacial score (nSPS) is 0. The molecule has 0 bridgehead atoms. The van der Waals surface area contributed by atoms with Gasteiger partial charge in [0.25, 0.3) is 0 Å². The van der Waals surface area contributed by atoms with Gasteiger partial charge >= 0.3 is 51.4 Å². The Morgan fingerprint density at radius 1 is 0.500 bits per heavy atom. The third-order valence-electron chi connectivity index (χ3n) is 0. The van der Waals surface area contributed by atoms with Gasteiger partial charge in [0.05, 0.1) is 0 Å². The van der Waals surface area contributed by atoms with Crippen LogP contribution in [0.5, 0.6) is 0 Å². The van der Waals surface area contributed by atoms with E-state index in [9.17, 15) is 0 Å². The van der Waals surface area contributed by atoms with E-state index in [2.05, 4.69) is 0 Å². The average molecular weight is 678 g/mol. The second kappa shape index (κ2) is 31.7. The molecule has 0 N–H and O–H groups in total. The minimum absolute atomic E-state index is 0. The topological polar surface area (TPSA) is 0 Å². The molecule has 0 aromatic carbocycles. The second-order valence-corrected chi connectivity index (χ2v) is 0. The van der Waals surface area contributed by atoms with Gasteiger partial charge in [-0.25, -0.2) is 0 Å². The summed E-state index contributed by atoms with van der Waals surface area (Å²) in [6.07, 6.45) is 0. The van der Waals surface area contributed by atoms with Gasteiger partial charge in [0.2, 0.25) is 48.0 Å². The summed E-state index contributed by atoms with van der Waals surface area (Å²) in [6, 6.07) is 0. The average Bonchev–Trinajstić information content (AvgIpc) is 0. The molecule has 0 rings (SSSR count). The van der Waals surface area contributed by atoms with Crippen molar-refractivity contribution < 1.29 is 171 Å². The molecule has 40 valence electrons. The van der Waals surface area contributed by atoms with Crippen LogP contribution in [0.15, 0.2) is 0 Å². The largest absolute Gasteiger partial charge is 1.00 e. The first-order valence-corrected chi connectivity index (χ1v) is 0. The molecule has 0 saturated carbocycles. The quantitative estimate of drug-likeness (QED) is 0.177. The zero-order valence-corrected chi connectivity index (χ0v) is 17.7. The fraction of sp³-hybridized carbons (Fsp3) is 0. The van der Waals surface area contributed by atoms with Gasteiger partial charge in [-0.1, -0.05) is 0 Å². The Balaban J connectivity index is 0. The molecule has 0 atom stereocenters. The van der Waals surface area contributed by atoms with Gasteiger partial charge in [0, 0.05) is 0 Å². The van der Waals surface area contributed by atoms with Gasteiger partial charge in [0.1, 0.15) is 0 Å². The van der Waals surface area contributed by atoms with Gasteiger partial charge in [-0.05, 0) is 0 Å². The van der Waals surface area contributed by atoms with Crippen LogP contribution in [0.2, 0.25) is 0 Å². The van der Waals surface area contributed by atoms with Gasteiger partial charge < -0.3 is 71.9 Å². The van der Waals surface area contributed by atoms with Crippen molar-refractivity contribution in [2.75, 3.05) is 0 Å². The molecule has 0 saturated heterocycles. The monoisotopic (exact) mass is 678 g/mol. The number of halogens is 5. The third kappa shape index (κ3) is 22.8. The van der Waals surface area contributed by atoms with Crippen molar-refractivity contribution in [2.45, 2.75) is 0 Å². The van der Waals surface area contributed by atoms with Crippen molar-refractivity contribution in [3.8, 4) is 0 Å². The first-order valence-electron chi connectivity index (χ1n) is 0. The van der Waals surface area contributed by atoms with Crippen molar-refractivity contribution in [2.24, 2.45) is 0 Å². The molecule has 0 aromatic rings. The van der Waals surface area contributed by atoms with Crippen LogP contribution < -0.4 is 171 Å². The third-order valence-corrected chi connectivity index (χ3v) is 0. The van der Waals surface area contributed by atoms with E-state index in [1.165, 1.54) is 0 Å². The fourth-order valence-electron chi connectivity index (χ4n) is 0. The van der Waals surface area contributed by atoms with Crippen LogP contribution in [0.4, 0.5) is 0 Å². The molecular formula is H4I5K. The van der Waals surface area contributed by atoms with Crippen molar-refractivity contribution in [1.82, 2.24) is 0 Å². The Kier molecular flexibility index (Phi) is 226. The van der Waals surface area contributed by atoms with Crippen LogP contribution in [0.3, 0.4) is 0 Å². The summed E-state index contributed by atoms with van der Waals surface area (Å²) in [4.78, 5) is 0. The van der Waals surface area contributed by atoms with E-state index < -0.39 is 0 Å². The van der Waals surface area contributed by atoms with E-state index in [0.29, 0.717) is 0 Å². The maximum absolute atomic E-state index is 0. The molecule has 0 heterocycles. The van der Waals surface area contributed by atoms with E-state index in [1.54, 1.807) is 0 Å². The van der Waals surface area contributed by atoms with Gasteiger partial charge in [-0.15, -0.1) is 0 Å². The molecular weight excluding hydrogens is 674 g/mol. The predicted octanol–water partition coefficient (Wildman–Crippen LogP) is -19.0. The fourth-order valence-corrected chi connectivity index (χ4v) is 0. The summed E-state index contributed by atoms with van der Waals surface area (Å²) in [6.45, 7) is 0. The molecule has 6 heavy (non-hydrogen) atoms. The van der Waals surface area contributed by atoms with Gasteiger partial charge in [0.15, 0.2) is 0 Å². The molecule has 0 radical (unpaired) electrons. The van der Waals surface area contributed by atoms with Crippen LogP contribution >= 0.6 is 0 Å². The Morgan fingerprint density at radius 2 is 0.500 bits per heavy atom. The second-order valence-electron chi connectivity index (χ2n) is 0. The molecule has 0 aromatic heterocycles. The van der Waals surface area contributed by atoms with Gasteiger partial charge in [-0.3, -0.25) is 0 Å². The standard InChI is InChI=1S/2H2I.3HI.K/h2*1H2;3*1H;/q2*+1;;;;+1/p-3. The zero-order valence-electron chi connectivity index (χ0n) is 3.03. The Hall–Kier alpha value is 5.29. The van der Waals surface area contributed by atoms with Crippen LogP contribution in [0.1, 0.15) is 0 Å². The molecule has 0 amide bonds. The van der Waals surface area contributed by atoms with Gasteiger partial charge in [-0.2, -0.15) is 0 Å². The van der Waals surface area contributed by atoms with E-state index >= 15 is 0 Å². The first kappa shape index (κ1) is 42.7. The number of hydrogen-bond acceptors (Lipinski definition) is 0. The van der Waals surface area contributed by atoms with Crippen molar-refractivity contribution in [1.29, 1.82) is 0 Å². The summed E-state index contributed by atoms with van der Waals surface area (Å²) < 4.78 is 0. The summed E-state index contributed by atoms with van der Waals surface area (Å²) in [5.41, 5.74) is 0. The molecule has 0 nitrogen and oxygen atoms in total. The summed E-state index contributed by atoms with van der Waals surface area (Å²) in [7, 11) is 0. The van der Waals surface area contributed by atoms with E-state index in [0.717, 1.165) is 0 Å². The summed E-state index contributed by atoms with van der Waals surface area (Å²) >= 11 is 0. The summed E-state index contributed by atoms with van der Waals surface area (Å²) in [5, 5.41) is 0. The smallest absolute Gasteiger partial charge is 1.00 e. The minimum Gasteiger partial charge on any atom is -1.00 e. The molecule has 0 fully saturated rings. The van der Waals surface area contributed by atoms with E-state index in [4.69, 9.17) is 0 Å². The van der Waals surface area contributed by atoms with Crippen molar-refractivity contribution in [3.63, 3.8) is 0 Å². The van der Waals surface area contributed by atoms with E-state index in [-0.39, 0.29) is 171 Å². The van der Waals surface area contributed by atoms with Crippen molar-refractivity contribution >= 4 is 0 Å². The van der Waals surface area contributed by atoms with Crippen molar-refractivity contribution in [3.05, 3.63) is 0 Å². The zero-order chi connectivity index (χ0) is 0. The Bertz CT molecular complexity index is 3.90. The minimum atomic E-state index is 0. The molecule has 0 aliphatic heterocycles. The van der Waals surface area contributed by atoms with Crippen LogP contribution in [0.25, 0.3) is 0 Å². The van der Waals surface area contributed by atoms with Crippen LogP contribution in [-0.4, -0.2) is 0 Å². The predicted molar refractivity (Wildman–Crippen MR) is 5.58 cm³/mol. The number of rotatable bonds is 0. The summed E-state index contributed by atoms with van der Waals surface area (Å²) in [5.74, 6) is 0. The SMILES string of the molecule is [I-].[I-].[I-].[IH2+].[IH2+].[K+]. The molecule has 0 aliphatic rings. The first-order chi connectivity index (χ1) is 0. The van der Waals surface area contributed by atoms with E-state index in [1.807, 2.05) is 0 Å². The Labute approximate surface area is 166 Å². The molecule has 6 heteroatoms. The molecule has 0 spiro atoms. The number of hydrogen-bond donors (Lipinski definition) is 0. The molecule has 0 unspecified atom stereocenters. The van der Waals surface area contributed by atoms with Crippen LogP contribution in [0, 0.1) is 0 Å². The maximum Gasteiger partial charge on any atom is 1.00 e. The molecule has 0 aliphatic carbocycles. The maximum atomic E-state index is 0.